The summed E-state index contributed by atoms with van der Waals surface area (Å²) < 4.78 is 67.8. The molecule has 2 aromatic rings. The standard InChI is InChI=1S/C17H17F3N4O2S/c18-11-6-13(20)14(7-12(11)19)27(25,26)24-5-1-3-17(9-24)4-2-10-8-22-16(21)23-15(10)17/h6-8H,1-5,9H2,(H2,21,22,23). The number of nitrogens with zero attached hydrogens (tertiary/aromatic N) is 3. The molecule has 4 rings (SSSR count). The minimum absolute atomic E-state index is 0.0806. The second-order valence-electron chi connectivity index (χ2n) is 7.02. The first-order valence-electron chi connectivity index (χ1n) is 8.49. The van der Waals surface area contributed by atoms with Gasteiger partial charge in [-0.15, -0.1) is 0 Å². The monoisotopic (exact) mass is 398 g/mol. The maximum absolute atomic E-state index is 14.1. The molecule has 1 fully saturated rings. The first-order chi connectivity index (χ1) is 12.7. The Morgan fingerprint density at radius 2 is 1.85 bits per heavy atom. The van der Waals surface area contributed by atoms with Crippen molar-refractivity contribution >= 4 is 16.0 Å². The van der Waals surface area contributed by atoms with E-state index in [-0.39, 0.29) is 25.1 Å². The van der Waals surface area contributed by atoms with E-state index in [2.05, 4.69) is 9.97 Å². The minimum Gasteiger partial charge on any atom is -0.368 e. The Labute approximate surface area is 154 Å². The van der Waals surface area contributed by atoms with Gasteiger partial charge in [0, 0.05) is 30.8 Å². The topological polar surface area (TPSA) is 89.2 Å². The van der Waals surface area contributed by atoms with Crippen molar-refractivity contribution < 1.29 is 21.6 Å². The lowest BCUT2D eigenvalue weighted by Crippen LogP contribution is -2.48. The van der Waals surface area contributed by atoms with Crippen LogP contribution in [0.3, 0.4) is 0 Å². The SMILES string of the molecule is Nc1ncc2c(n1)C1(CCCN(S(=O)(=O)c3cc(F)c(F)cc3F)C1)CC2. The van der Waals surface area contributed by atoms with Crippen molar-refractivity contribution in [1.29, 1.82) is 0 Å². The number of anilines is 1. The Balaban J connectivity index is 1.73. The fraction of sp³-hybridized carbons (Fsp3) is 0.412. The van der Waals surface area contributed by atoms with E-state index in [1.54, 1.807) is 6.20 Å². The molecule has 1 aromatic carbocycles. The molecule has 0 amide bonds. The molecular weight excluding hydrogens is 381 g/mol. The number of hydrogen-bond donors (Lipinski definition) is 1. The van der Waals surface area contributed by atoms with E-state index in [9.17, 15) is 21.6 Å². The van der Waals surface area contributed by atoms with Crippen LogP contribution in [0.15, 0.2) is 23.2 Å². The highest BCUT2D eigenvalue weighted by molar-refractivity contribution is 7.89. The molecule has 2 aliphatic rings. The number of nitrogens with two attached hydrogens (primary N) is 1. The number of aryl methyl sites for hydroxylation is 1. The van der Waals surface area contributed by atoms with Gasteiger partial charge in [0.25, 0.3) is 0 Å². The van der Waals surface area contributed by atoms with Gasteiger partial charge in [-0.25, -0.2) is 31.6 Å². The molecule has 1 aliphatic heterocycles. The zero-order valence-electron chi connectivity index (χ0n) is 14.3. The number of piperidine rings is 1. The molecule has 6 nitrogen and oxygen atoms in total. The lowest BCUT2D eigenvalue weighted by molar-refractivity contribution is 0.219. The summed E-state index contributed by atoms with van der Waals surface area (Å²) in [6.45, 7) is 0.246. The third-order valence-corrected chi connectivity index (χ3v) is 7.25. The molecule has 1 spiro atoms. The maximum atomic E-state index is 14.1. The van der Waals surface area contributed by atoms with Crippen molar-refractivity contribution in [2.24, 2.45) is 0 Å². The van der Waals surface area contributed by atoms with Gasteiger partial charge in [0.1, 0.15) is 10.7 Å². The normalized spacial score (nSPS) is 22.9. The van der Waals surface area contributed by atoms with Gasteiger partial charge >= 0.3 is 0 Å². The molecule has 2 N–H and O–H groups in total. The zero-order chi connectivity index (χ0) is 19.4. The van der Waals surface area contributed by atoms with Crippen LogP contribution in [0.2, 0.25) is 0 Å². The number of rotatable bonds is 2. The maximum Gasteiger partial charge on any atom is 0.246 e. The summed E-state index contributed by atoms with van der Waals surface area (Å²) in [4.78, 5) is 7.44. The van der Waals surface area contributed by atoms with Gasteiger partial charge in [0.15, 0.2) is 11.6 Å². The molecular formula is C17H17F3N4O2S. The number of nitrogen functional groups attached to an aromatic ring is 1. The molecule has 0 bridgehead atoms. The molecule has 0 radical (unpaired) electrons. The molecule has 1 atom stereocenters. The van der Waals surface area contributed by atoms with Gasteiger partial charge in [-0.3, -0.25) is 0 Å². The molecule has 2 heterocycles. The van der Waals surface area contributed by atoms with E-state index in [0.29, 0.717) is 31.7 Å². The summed E-state index contributed by atoms with van der Waals surface area (Å²) in [6, 6.07) is 0.644. The van der Waals surface area contributed by atoms with Crippen LogP contribution in [0, 0.1) is 17.5 Å². The van der Waals surface area contributed by atoms with Crippen LogP contribution in [0.25, 0.3) is 0 Å². The first kappa shape index (κ1) is 18.2. The van der Waals surface area contributed by atoms with E-state index in [4.69, 9.17) is 5.73 Å². The van der Waals surface area contributed by atoms with Gasteiger partial charge < -0.3 is 5.73 Å². The first-order valence-corrected chi connectivity index (χ1v) is 9.93. The van der Waals surface area contributed by atoms with E-state index in [1.165, 1.54) is 0 Å². The Kier molecular flexibility index (Phi) is 4.15. The van der Waals surface area contributed by atoms with E-state index >= 15 is 0 Å². The molecule has 1 aromatic heterocycles. The Morgan fingerprint density at radius 3 is 2.63 bits per heavy atom. The van der Waals surface area contributed by atoms with E-state index in [1.807, 2.05) is 0 Å². The molecule has 1 saturated heterocycles. The van der Waals surface area contributed by atoms with Gasteiger partial charge in [-0.2, -0.15) is 4.31 Å². The molecule has 1 aliphatic carbocycles. The number of fused-ring (bicyclic) bond motifs is 2. The highest BCUT2D eigenvalue weighted by Crippen LogP contribution is 2.45. The number of benzene rings is 1. The van der Waals surface area contributed by atoms with E-state index < -0.39 is 37.8 Å². The summed E-state index contributed by atoms with van der Waals surface area (Å²) in [5.74, 6) is -4.04. The number of sulfonamides is 1. The molecule has 27 heavy (non-hydrogen) atoms. The van der Waals surface area contributed by atoms with Crippen molar-refractivity contribution in [2.75, 3.05) is 18.8 Å². The fourth-order valence-corrected chi connectivity index (χ4v) is 5.71. The van der Waals surface area contributed by atoms with Gasteiger partial charge in [-0.05, 0) is 37.3 Å². The Hall–Kier alpha value is -2.20. The predicted octanol–water partition coefficient (Wildman–Crippen LogP) is 2.14. The van der Waals surface area contributed by atoms with Crippen molar-refractivity contribution in [3.63, 3.8) is 0 Å². The number of aromatic nitrogens is 2. The third-order valence-electron chi connectivity index (χ3n) is 5.39. The number of hydrogen-bond acceptors (Lipinski definition) is 5. The van der Waals surface area contributed by atoms with Crippen molar-refractivity contribution in [3.8, 4) is 0 Å². The Bertz CT molecular complexity index is 1030. The van der Waals surface area contributed by atoms with Crippen LogP contribution in [-0.4, -0.2) is 35.8 Å². The van der Waals surface area contributed by atoms with Crippen LogP contribution in [0.1, 0.15) is 30.5 Å². The lowest BCUT2D eigenvalue weighted by atomic mass is 9.78. The third kappa shape index (κ3) is 2.87. The van der Waals surface area contributed by atoms with Crippen molar-refractivity contribution in [3.05, 3.63) is 47.0 Å². The van der Waals surface area contributed by atoms with Crippen LogP contribution >= 0.6 is 0 Å². The average molecular weight is 398 g/mol. The molecule has 10 heteroatoms. The average Bonchev–Trinajstić information content (AvgIpc) is 2.95. The Morgan fingerprint density at radius 1 is 1.11 bits per heavy atom. The van der Waals surface area contributed by atoms with Crippen LogP contribution in [0.5, 0.6) is 0 Å². The summed E-state index contributed by atoms with van der Waals surface area (Å²) in [5, 5.41) is 0. The van der Waals surface area contributed by atoms with Gasteiger partial charge in [0.05, 0.1) is 5.69 Å². The highest BCUT2D eigenvalue weighted by atomic mass is 32.2. The smallest absolute Gasteiger partial charge is 0.246 e. The molecule has 1 unspecified atom stereocenters. The fourth-order valence-electron chi connectivity index (χ4n) is 4.09. The zero-order valence-corrected chi connectivity index (χ0v) is 15.1. The predicted molar refractivity (Wildman–Crippen MR) is 90.8 cm³/mol. The summed E-state index contributed by atoms with van der Waals surface area (Å²) in [6.07, 6.45) is 4.27. The van der Waals surface area contributed by atoms with Crippen LogP contribution in [0.4, 0.5) is 19.1 Å². The molecule has 144 valence electrons. The second-order valence-corrected chi connectivity index (χ2v) is 8.93. The lowest BCUT2D eigenvalue weighted by Gasteiger charge is -2.39. The molecule has 0 saturated carbocycles. The van der Waals surface area contributed by atoms with Crippen LogP contribution in [-0.2, 0) is 21.9 Å². The summed E-state index contributed by atoms with van der Waals surface area (Å²) in [5.41, 5.74) is 6.81. The van der Waals surface area contributed by atoms with E-state index in [0.717, 1.165) is 15.6 Å². The number of halogens is 3. The van der Waals surface area contributed by atoms with Crippen LogP contribution < -0.4 is 5.73 Å². The van der Waals surface area contributed by atoms with Gasteiger partial charge in [0.2, 0.25) is 16.0 Å². The summed E-state index contributed by atoms with van der Waals surface area (Å²) >= 11 is 0. The minimum atomic E-state index is -4.33. The van der Waals surface area contributed by atoms with Crippen molar-refractivity contribution in [1.82, 2.24) is 14.3 Å². The quantitative estimate of drug-likeness (QED) is 0.783. The highest BCUT2D eigenvalue weighted by Gasteiger charge is 2.46. The van der Waals surface area contributed by atoms with Gasteiger partial charge in [-0.1, -0.05) is 0 Å². The largest absolute Gasteiger partial charge is 0.368 e. The second kappa shape index (κ2) is 6.16. The van der Waals surface area contributed by atoms with Crippen molar-refractivity contribution in [2.45, 2.75) is 36.0 Å². The summed E-state index contributed by atoms with van der Waals surface area (Å²) in [7, 11) is -4.33.